The highest BCUT2D eigenvalue weighted by atomic mass is 35.5. The van der Waals surface area contributed by atoms with Crippen molar-refractivity contribution in [3.8, 4) is 0 Å². The number of rotatable bonds is 6. The summed E-state index contributed by atoms with van der Waals surface area (Å²) in [5.74, 6) is 1.37. The topological polar surface area (TPSA) is 40.2 Å². The molecule has 2 N–H and O–H groups in total. The molecular weight excluding hydrogens is 307 g/mol. The zero-order valence-electron chi connectivity index (χ0n) is 12.8. The van der Waals surface area contributed by atoms with Crippen molar-refractivity contribution >= 4 is 34.8 Å². The van der Waals surface area contributed by atoms with Gasteiger partial charge < -0.3 is 15.5 Å². The third kappa shape index (κ3) is 4.90. The molecule has 0 bridgehead atoms. The van der Waals surface area contributed by atoms with Crippen LogP contribution in [-0.2, 0) is 0 Å². The molecule has 6 heteroatoms. The Balaban J connectivity index is 1.98. The van der Waals surface area contributed by atoms with E-state index in [1.165, 1.54) is 32.4 Å². The van der Waals surface area contributed by atoms with Crippen LogP contribution in [0.2, 0.25) is 10.0 Å². The average Bonchev–Trinajstić information content (AvgIpc) is 2.45. The number of nitrogens with zero attached hydrogens (tertiary/aromatic N) is 2. The van der Waals surface area contributed by atoms with Crippen LogP contribution < -0.4 is 10.6 Å². The Morgan fingerprint density at radius 3 is 2.52 bits per heavy atom. The molecule has 0 amide bonds. The number of anilines is 2. The van der Waals surface area contributed by atoms with Gasteiger partial charge in [0.15, 0.2) is 0 Å². The fraction of sp³-hybridized carbons (Fsp3) is 0.667. The maximum absolute atomic E-state index is 6.24. The fourth-order valence-corrected chi connectivity index (χ4v) is 3.15. The van der Waals surface area contributed by atoms with E-state index in [4.69, 9.17) is 23.2 Å². The van der Waals surface area contributed by atoms with Crippen molar-refractivity contribution < 1.29 is 0 Å². The van der Waals surface area contributed by atoms with Crippen LogP contribution in [0.25, 0.3) is 0 Å². The lowest BCUT2D eigenvalue weighted by atomic mass is 10.1. The molecule has 1 aromatic rings. The SMILES string of the molecule is CCNc1nc(NC(C)CN2CCCCC2)c(Cl)cc1Cl. The van der Waals surface area contributed by atoms with Crippen LogP contribution in [0, 0.1) is 0 Å². The third-order valence-electron chi connectivity index (χ3n) is 3.64. The number of nitrogens with one attached hydrogen (secondary N) is 2. The second-order valence-corrected chi connectivity index (χ2v) is 6.40. The second-order valence-electron chi connectivity index (χ2n) is 5.59. The highest BCUT2D eigenvalue weighted by Crippen LogP contribution is 2.29. The van der Waals surface area contributed by atoms with Gasteiger partial charge in [-0.15, -0.1) is 0 Å². The summed E-state index contributed by atoms with van der Waals surface area (Å²) in [6.45, 7) is 8.34. The molecule has 1 aliphatic rings. The van der Waals surface area contributed by atoms with Gasteiger partial charge in [0.2, 0.25) is 0 Å². The minimum Gasteiger partial charge on any atom is -0.369 e. The molecule has 0 radical (unpaired) electrons. The van der Waals surface area contributed by atoms with E-state index in [2.05, 4.69) is 27.4 Å². The van der Waals surface area contributed by atoms with E-state index in [-0.39, 0.29) is 0 Å². The van der Waals surface area contributed by atoms with Crippen molar-refractivity contribution in [2.75, 3.05) is 36.8 Å². The van der Waals surface area contributed by atoms with Crippen LogP contribution in [0.4, 0.5) is 11.6 Å². The number of aromatic nitrogens is 1. The molecule has 21 heavy (non-hydrogen) atoms. The van der Waals surface area contributed by atoms with Gasteiger partial charge in [0.05, 0.1) is 10.0 Å². The predicted molar refractivity (Wildman–Crippen MR) is 91.8 cm³/mol. The summed E-state index contributed by atoms with van der Waals surface area (Å²) in [5, 5.41) is 7.66. The summed E-state index contributed by atoms with van der Waals surface area (Å²) in [6.07, 6.45) is 3.96. The largest absolute Gasteiger partial charge is 0.369 e. The molecule has 2 rings (SSSR count). The van der Waals surface area contributed by atoms with Gasteiger partial charge in [0.1, 0.15) is 11.6 Å². The summed E-state index contributed by atoms with van der Waals surface area (Å²) >= 11 is 12.4. The van der Waals surface area contributed by atoms with Gasteiger partial charge in [0, 0.05) is 19.1 Å². The normalized spacial score (nSPS) is 17.5. The maximum Gasteiger partial charge on any atom is 0.147 e. The van der Waals surface area contributed by atoms with Gasteiger partial charge in [-0.2, -0.15) is 0 Å². The van der Waals surface area contributed by atoms with E-state index < -0.39 is 0 Å². The number of likely N-dealkylation sites (tertiary alicyclic amines) is 1. The Hall–Kier alpha value is -0.710. The average molecular weight is 331 g/mol. The van der Waals surface area contributed by atoms with E-state index in [9.17, 15) is 0 Å². The number of halogens is 2. The van der Waals surface area contributed by atoms with Crippen molar-refractivity contribution in [1.29, 1.82) is 0 Å². The smallest absolute Gasteiger partial charge is 0.147 e. The Bertz CT molecular complexity index is 461. The van der Waals surface area contributed by atoms with Gasteiger partial charge in [-0.05, 0) is 45.8 Å². The summed E-state index contributed by atoms with van der Waals surface area (Å²) in [4.78, 5) is 6.99. The summed E-state index contributed by atoms with van der Waals surface area (Å²) < 4.78 is 0. The van der Waals surface area contributed by atoms with Crippen LogP contribution in [0.15, 0.2) is 6.07 Å². The molecule has 1 aliphatic heterocycles. The van der Waals surface area contributed by atoms with Crippen LogP contribution in [0.5, 0.6) is 0 Å². The lowest BCUT2D eigenvalue weighted by Gasteiger charge is -2.29. The monoisotopic (exact) mass is 330 g/mol. The molecule has 1 atom stereocenters. The highest BCUT2D eigenvalue weighted by Gasteiger charge is 2.15. The van der Waals surface area contributed by atoms with Crippen molar-refractivity contribution in [3.63, 3.8) is 0 Å². The fourth-order valence-electron chi connectivity index (χ4n) is 2.67. The van der Waals surface area contributed by atoms with Gasteiger partial charge >= 0.3 is 0 Å². The molecule has 1 saturated heterocycles. The third-order valence-corrected chi connectivity index (χ3v) is 4.21. The molecular formula is C15H24Cl2N4. The van der Waals surface area contributed by atoms with Crippen LogP contribution in [-0.4, -0.2) is 42.1 Å². The summed E-state index contributed by atoms with van der Waals surface area (Å²) in [7, 11) is 0. The molecule has 2 heterocycles. The molecule has 0 spiro atoms. The molecule has 0 aromatic carbocycles. The van der Waals surface area contributed by atoms with Crippen molar-refractivity contribution in [2.45, 2.75) is 39.2 Å². The molecule has 118 valence electrons. The minimum atomic E-state index is 0.295. The van der Waals surface area contributed by atoms with Gasteiger partial charge in [-0.1, -0.05) is 29.6 Å². The Morgan fingerprint density at radius 1 is 1.19 bits per heavy atom. The van der Waals surface area contributed by atoms with Crippen LogP contribution in [0.3, 0.4) is 0 Å². The first-order chi connectivity index (χ1) is 10.1. The minimum absolute atomic E-state index is 0.295. The molecule has 0 aliphatic carbocycles. The highest BCUT2D eigenvalue weighted by molar-refractivity contribution is 6.37. The van der Waals surface area contributed by atoms with E-state index in [1.54, 1.807) is 6.07 Å². The number of piperidine rings is 1. The molecule has 1 fully saturated rings. The number of hydrogen-bond acceptors (Lipinski definition) is 4. The molecule has 1 aromatic heterocycles. The lowest BCUT2D eigenvalue weighted by molar-refractivity contribution is 0.223. The van der Waals surface area contributed by atoms with Crippen molar-refractivity contribution in [1.82, 2.24) is 9.88 Å². The summed E-state index contributed by atoms with van der Waals surface area (Å²) in [6, 6.07) is 2.04. The summed E-state index contributed by atoms with van der Waals surface area (Å²) in [5.41, 5.74) is 0. The Labute approximate surface area is 137 Å². The molecule has 4 nitrogen and oxygen atoms in total. The quantitative estimate of drug-likeness (QED) is 0.823. The number of hydrogen-bond donors (Lipinski definition) is 2. The molecule has 0 saturated carbocycles. The van der Waals surface area contributed by atoms with Crippen molar-refractivity contribution in [2.24, 2.45) is 0 Å². The predicted octanol–water partition coefficient (Wildman–Crippen LogP) is 4.11. The first kappa shape index (κ1) is 16.7. The Morgan fingerprint density at radius 2 is 1.86 bits per heavy atom. The zero-order valence-corrected chi connectivity index (χ0v) is 14.3. The first-order valence-electron chi connectivity index (χ1n) is 7.69. The number of pyridine rings is 1. The van der Waals surface area contributed by atoms with Gasteiger partial charge in [-0.25, -0.2) is 4.98 Å². The van der Waals surface area contributed by atoms with Crippen LogP contribution in [0.1, 0.15) is 33.1 Å². The van der Waals surface area contributed by atoms with Crippen molar-refractivity contribution in [3.05, 3.63) is 16.1 Å². The Kier molecular flexibility index (Phi) is 6.40. The van der Waals surface area contributed by atoms with E-state index in [0.717, 1.165) is 13.1 Å². The van der Waals surface area contributed by atoms with Crippen LogP contribution >= 0.6 is 23.2 Å². The van der Waals surface area contributed by atoms with Gasteiger partial charge in [0.25, 0.3) is 0 Å². The van der Waals surface area contributed by atoms with E-state index in [0.29, 0.717) is 27.7 Å². The first-order valence-corrected chi connectivity index (χ1v) is 8.44. The second kappa shape index (κ2) is 8.06. The lowest BCUT2D eigenvalue weighted by Crippen LogP contribution is -2.38. The van der Waals surface area contributed by atoms with E-state index in [1.807, 2.05) is 6.92 Å². The van der Waals surface area contributed by atoms with Gasteiger partial charge in [-0.3, -0.25) is 0 Å². The maximum atomic E-state index is 6.24. The zero-order chi connectivity index (χ0) is 15.2. The standard InChI is InChI=1S/C15H24Cl2N4/c1-3-18-14-12(16)9-13(17)15(20-14)19-11(2)10-21-7-5-4-6-8-21/h9,11H,3-8,10H2,1-2H3,(H2,18,19,20). The van der Waals surface area contributed by atoms with E-state index >= 15 is 0 Å². The molecule has 1 unspecified atom stereocenters.